The number of rotatable bonds is 7. The number of benzene rings is 1. The summed E-state index contributed by atoms with van der Waals surface area (Å²) in [6.07, 6.45) is 8.65. The van der Waals surface area contributed by atoms with Crippen LogP contribution in [-0.4, -0.2) is 38.7 Å². The Labute approximate surface area is 187 Å². The van der Waals surface area contributed by atoms with Gasteiger partial charge in [-0.05, 0) is 55.7 Å². The summed E-state index contributed by atoms with van der Waals surface area (Å²) in [5.74, 6) is 7.64. The Kier molecular flexibility index (Phi) is 7.23. The highest BCUT2D eigenvalue weighted by Crippen LogP contribution is 2.35. The average Bonchev–Trinajstić information content (AvgIpc) is 3.44. The van der Waals surface area contributed by atoms with Gasteiger partial charge >= 0.3 is 0 Å². The van der Waals surface area contributed by atoms with Gasteiger partial charge in [0.05, 0.1) is 11.9 Å². The van der Waals surface area contributed by atoms with Crippen molar-refractivity contribution in [2.24, 2.45) is 0 Å². The van der Waals surface area contributed by atoms with E-state index in [-0.39, 0.29) is 0 Å². The standard InChI is InChI=1S/C24H26N4O2S/c1-18-15-21(12-11-19(18)7-6-14-29-2)30-17-23-26-27-24(31-22-9-3-4-10-22)28(23)20-8-5-13-25-16-20/h5,8,11-13,15-16,22H,3-4,9-10,14,17H2,1-2H3. The smallest absolute Gasteiger partial charge is 0.196 e. The third-order valence-electron chi connectivity index (χ3n) is 5.18. The minimum atomic E-state index is 0.321. The summed E-state index contributed by atoms with van der Waals surface area (Å²) in [6.45, 7) is 2.77. The van der Waals surface area contributed by atoms with Crippen molar-refractivity contribution in [2.45, 2.75) is 49.6 Å². The van der Waals surface area contributed by atoms with Crippen LogP contribution in [0, 0.1) is 18.8 Å². The predicted molar refractivity (Wildman–Crippen MR) is 122 cm³/mol. The van der Waals surface area contributed by atoms with Crippen LogP contribution in [0.4, 0.5) is 0 Å². The summed E-state index contributed by atoms with van der Waals surface area (Å²) in [6, 6.07) is 9.85. The first-order chi connectivity index (χ1) is 15.2. The molecule has 0 bridgehead atoms. The Morgan fingerprint density at radius 2 is 2.06 bits per heavy atom. The van der Waals surface area contributed by atoms with Gasteiger partial charge in [-0.3, -0.25) is 9.55 Å². The molecule has 1 aliphatic rings. The lowest BCUT2D eigenvalue weighted by Gasteiger charge is -2.13. The van der Waals surface area contributed by atoms with Crippen molar-refractivity contribution in [3.05, 3.63) is 59.7 Å². The van der Waals surface area contributed by atoms with Crippen molar-refractivity contribution >= 4 is 11.8 Å². The van der Waals surface area contributed by atoms with Crippen LogP contribution in [0.5, 0.6) is 5.75 Å². The van der Waals surface area contributed by atoms with Crippen LogP contribution in [0.25, 0.3) is 5.69 Å². The van der Waals surface area contributed by atoms with Gasteiger partial charge in [0.2, 0.25) is 0 Å². The molecule has 0 radical (unpaired) electrons. The summed E-state index contributed by atoms with van der Waals surface area (Å²) >= 11 is 1.81. The van der Waals surface area contributed by atoms with Gasteiger partial charge in [0.15, 0.2) is 11.0 Å². The minimum Gasteiger partial charge on any atom is -0.486 e. The van der Waals surface area contributed by atoms with E-state index >= 15 is 0 Å². The number of aromatic nitrogens is 4. The lowest BCUT2D eigenvalue weighted by molar-refractivity contribution is 0.240. The van der Waals surface area contributed by atoms with Crippen LogP contribution in [0.15, 0.2) is 47.9 Å². The van der Waals surface area contributed by atoms with E-state index in [0.29, 0.717) is 18.5 Å². The molecular weight excluding hydrogens is 408 g/mol. The molecule has 1 fully saturated rings. The predicted octanol–water partition coefficient (Wildman–Crippen LogP) is 4.58. The quantitative estimate of drug-likeness (QED) is 0.507. The van der Waals surface area contributed by atoms with E-state index in [1.54, 1.807) is 13.3 Å². The minimum absolute atomic E-state index is 0.321. The van der Waals surface area contributed by atoms with Gasteiger partial charge in [-0.15, -0.1) is 10.2 Å². The fourth-order valence-electron chi connectivity index (χ4n) is 3.59. The van der Waals surface area contributed by atoms with Crippen molar-refractivity contribution < 1.29 is 9.47 Å². The summed E-state index contributed by atoms with van der Waals surface area (Å²) in [7, 11) is 1.64. The molecule has 160 valence electrons. The first-order valence-electron chi connectivity index (χ1n) is 10.5. The molecule has 3 aromatic rings. The molecule has 0 amide bonds. The number of methoxy groups -OCH3 is 1. The Balaban J connectivity index is 1.52. The van der Waals surface area contributed by atoms with Crippen molar-refractivity contribution in [1.29, 1.82) is 0 Å². The number of pyridine rings is 1. The molecule has 0 spiro atoms. The van der Waals surface area contributed by atoms with Gasteiger partial charge in [0.1, 0.15) is 19.0 Å². The van der Waals surface area contributed by atoms with Crippen LogP contribution in [0.2, 0.25) is 0 Å². The number of aryl methyl sites for hydroxylation is 1. The van der Waals surface area contributed by atoms with E-state index < -0.39 is 0 Å². The molecule has 2 aromatic heterocycles. The molecule has 6 nitrogen and oxygen atoms in total. The largest absolute Gasteiger partial charge is 0.486 e. The van der Waals surface area contributed by atoms with Gasteiger partial charge in [0, 0.05) is 24.1 Å². The second-order valence-electron chi connectivity index (χ2n) is 7.47. The highest BCUT2D eigenvalue weighted by atomic mass is 32.2. The maximum atomic E-state index is 6.07. The van der Waals surface area contributed by atoms with Crippen LogP contribution in [0.1, 0.15) is 42.6 Å². The second-order valence-corrected chi connectivity index (χ2v) is 8.74. The zero-order chi connectivity index (χ0) is 21.5. The topological polar surface area (TPSA) is 62.1 Å². The Morgan fingerprint density at radius 1 is 1.19 bits per heavy atom. The molecule has 1 aromatic carbocycles. The van der Waals surface area contributed by atoms with Gasteiger partial charge in [-0.1, -0.05) is 36.4 Å². The molecule has 31 heavy (non-hydrogen) atoms. The molecule has 0 unspecified atom stereocenters. The van der Waals surface area contributed by atoms with Gasteiger partial charge in [-0.25, -0.2) is 0 Å². The lowest BCUT2D eigenvalue weighted by atomic mass is 10.1. The van der Waals surface area contributed by atoms with Gasteiger partial charge in [-0.2, -0.15) is 0 Å². The van der Waals surface area contributed by atoms with Crippen LogP contribution in [-0.2, 0) is 11.3 Å². The average molecular weight is 435 g/mol. The molecule has 0 aliphatic heterocycles. The van der Waals surface area contributed by atoms with Gasteiger partial charge < -0.3 is 9.47 Å². The van der Waals surface area contributed by atoms with E-state index in [0.717, 1.165) is 33.5 Å². The maximum Gasteiger partial charge on any atom is 0.196 e. The van der Waals surface area contributed by atoms with Crippen molar-refractivity contribution in [3.63, 3.8) is 0 Å². The Hall–Kier alpha value is -2.82. The zero-order valence-corrected chi connectivity index (χ0v) is 18.7. The molecule has 1 saturated carbocycles. The fraction of sp³-hybridized carbons (Fsp3) is 0.375. The third kappa shape index (κ3) is 5.46. The molecule has 7 heteroatoms. The van der Waals surface area contributed by atoms with E-state index in [2.05, 4.69) is 31.6 Å². The van der Waals surface area contributed by atoms with Crippen LogP contribution >= 0.6 is 11.8 Å². The molecule has 0 N–H and O–H groups in total. The monoisotopic (exact) mass is 434 g/mol. The number of ether oxygens (including phenoxy) is 2. The van der Waals surface area contributed by atoms with Crippen molar-refractivity contribution in [1.82, 2.24) is 19.7 Å². The molecule has 0 atom stereocenters. The Bertz CT molecular complexity index is 1070. The van der Waals surface area contributed by atoms with E-state index in [1.807, 2.05) is 55.2 Å². The molecule has 4 rings (SSSR count). The maximum absolute atomic E-state index is 6.07. The number of hydrogen-bond acceptors (Lipinski definition) is 6. The van der Waals surface area contributed by atoms with Gasteiger partial charge in [0.25, 0.3) is 0 Å². The van der Waals surface area contributed by atoms with Crippen LogP contribution < -0.4 is 4.74 Å². The van der Waals surface area contributed by atoms with E-state index in [4.69, 9.17) is 9.47 Å². The zero-order valence-electron chi connectivity index (χ0n) is 17.9. The highest BCUT2D eigenvalue weighted by Gasteiger charge is 2.22. The van der Waals surface area contributed by atoms with Crippen LogP contribution in [0.3, 0.4) is 0 Å². The first-order valence-corrected chi connectivity index (χ1v) is 11.3. The second kappa shape index (κ2) is 10.5. The number of hydrogen-bond donors (Lipinski definition) is 0. The van der Waals surface area contributed by atoms with Crippen molar-refractivity contribution in [2.75, 3.05) is 13.7 Å². The molecule has 2 heterocycles. The normalized spacial score (nSPS) is 13.7. The summed E-state index contributed by atoms with van der Waals surface area (Å²) in [4.78, 5) is 4.28. The summed E-state index contributed by atoms with van der Waals surface area (Å²) in [5, 5.41) is 10.4. The molecule has 0 saturated heterocycles. The van der Waals surface area contributed by atoms with Crippen molar-refractivity contribution in [3.8, 4) is 23.3 Å². The van der Waals surface area contributed by atoms with E-state index in [1.165, 1.54) is 25.7 Å². The first kappa shape index (κ1) is 21.4. The number of nitrogens with zero attached hydrogens (tertiary/aromatic N) is 4. The third-order valence-corrected chi connectivity index (χ3v) is 6.46. The summed E-state index contributed by atoms with van der Waals surface area (Å²) < 4.78 is 13.1. The number of thioether (sulfide) groups is 1. The highest BCUT2D eigenvalue weighted by molar-refractivity contribution is 7.99. The fourth-order valence-corrected chi connectivity index (χ4v) is 4.86. The van der Waals surface area contributed by atoms with E-state index in [9.17, 15) is 0 Å². The SMILES string of the molecule is COCC#Cc1ccc(OCc2nnc(SC3CCCC3)n2-c2cccnc2)cc1C. The Morgan fingerprint density at radius 3 is 2.81 bits per heavy atom. The lowest BCUT2D eigenvalue weighted by Crippen LogP contribution is -2.08. The summed E-state index contributed by atoms with van der Waals surface area (Å²) in [5.41, 5.74) is 2.98. The molecular formula is C24H26N4O2S. The molecule has 1 aliphatic carbocycles.